The molecule has 0 amide bonds. The van der Waals surface area contributed by atoms with Crippen molar-refractivity contribution in [3.63, 3.8) is 0 Å². The van der Waals surface area contributed by atoms with Crippen molar-refractivity contribution < 1.29 is 9.59 Å². The van der Waals surface area contributed by atoms with Gasteiger partial charge in [0.2, 0.25) is 11.8 Å². The molecular formula is C12H10ClN3O4. The highest BCUT2D eigenvalue weighted by atomic mass is 35.5. The lowest BCUT2D eigenvalue weighted by atomic mass is 10.3. The van der Waals surface area contributed by atoms with E-state index < -0.39 is 23.2 Å². The highest BCUT2D eigenvalue weighted by molar-refractivity contribution is 6.30. The van der Waals surface area contributed by atoms with Gasteiger partial charge < -0.3 is 0 Å². The maximum absolute atomic E-state index is 12.1. The minimum absolute atomic E-state index is 0.222. The number of carbonyl (C=O) groups is 2. The van der Waals surface area contributed by atoms with E-state index in [1.807, 2.05) is 0 Å². The molecule has 1 heterocycles. The van der Waals surface area contributed by atoms with Gasteiger partial charge in [-0.1, -0.05) is 11.6 Å². The van der Waals surface area contributed by atoms with Gasteiger partial charge in [-0.15, -0.1) is 0 Å². The van der Waals surface area contributed by atoms with Crippen LogP contribution in [0.4, 0.5) is 0 Å². The Hall–Kier alpha value is -2.41. The summed E-state index contributed by atoms with van der Waals surface area (Å²) in [5.41, 5.74) is -1.58. The second kappa shape index (κ2) is 4.93. The van der Waals surface area contributed by atoms with E-state index in [-0.39, 0.29) is 5.69 Å². The van der Waals surface area contributed by atoms with E-state index in [1.54, 1.807) is 0 Å². The maximum Gasteiger partial charge on any atom is 0.359 e. The van der Waals surface area contributed by atoms with E-state index in [0.29, 0.717) is 14.4 Å². The summed E-state index contributed by atoms with van der Waals surface area (Å²) in [5.74, 6) is -1.45. The molecule has 1 aromatic carbocycles. The first-order valence-electron chi connectivity index (χ1n) is 5.59. The van der Waals surface area contributed by atoms with Gasteiger partial charge >= 0.3 is 11.4 Å². The highest BCUT2D eigenvalue weighted by Crippen LogP contribution is 2.10. The SMILES string of the molecule is CC(=O)n1c(=O)n(-c2ccc(Cl)cc2)c(=O)n1C(C)=O. The van der Waals surface area contributed by atoms with Gasteiger partial charge in [0.05, 0.1) is 5.69 Å². The van der Waals surface area contributed by atoms with E-state index in [4.69, 9.17) is 11.6 Å². The number of rotatable bonds is 1. The minimum atomic E-state index is -0.903. The van der Waals surface area contributed by atoms with Crippen molar-refractivity contribution >= 4 is 23.4 Å². The van der Waals surface area contributed by atoms with Crippen LogP contribution in [-0.4, -0.2) is 25.7 Å². The molecule has 0 radical (unpaired) electrons. The van der Waals surface area contributed by atoms with Crippen molar-refractivity contribution in [1.82, 2.24) is 13.9 Å². The molecule has 2 aromatic rings. The lowest BCUT2D eigenvalue weighted by molar-refractivity contribution is 0.0814. The third kappa shape index (κ3) is 2.12. The van der Waals surface area contributed by atoms with Crippen LogP contribution < -0.4 is 11.4 Å². The first kappa shape index (κ1) is 14.0. The van der Waals surface area contributed by atoms with E-state index in [9.17, 15) is 19.2 Å². The Morgan fingerprint density at radius 2 is 1.30 bits per heavy atom. The molecule has 0 saturated carbocycles. The number of carbonyl (C=O) groups excluding carboxylic acids is 2. The van der Waals surface area contributed by atoms with Crippen molar-refractivity contribution in [2.75, 3.05) is 0 Å². The number of hydrogen-bond donors (Lipinski definition) is 0. The summed E-state index contributed by atoms with van der Waals surface area (Å²) in [7, 11) is 0. The van der Waals surface area contributed by atoms with Crippen LogP contribution in [0.1, 0.15) is 23.4 Å². The van der Waals surface area contributed by atoms with E-state index in [2.05, 4.69) is 0 Å². The van der Waals surface area contributed by atoms with Crippen LogP contribution in [0.3, 0.4) is 0 Å². The van der Waals surface area contributed by atoms with Crippen LogP contribution in [0, 0.1) is 0 Å². The second-order valence-corrected chi connectivity index (χ2v) is 4.48. The summed E-state index contributed by atoms with van der Waals surface area (Å²) in [6.07, 6.45) is 0. The standard InChI is InChI=1S/C12H10ClN3O4/c1-7(17)15-11(19)14(12(20)16(15)8(2)18)10-5-3-9(13)4-6-10/h3-6H,1-2H3. The zero-order valence-electron chi connectivity index (χ0n) is 10.7. The largest absolute Gasteiger partial charge is 0.359 e. The average molecular weight is 296 g/mol. The molecule has 1 aromatic heterocycles. The predicted molar refractivity (Wildman–Crippen MR) is 71.9 cm³/mol. The van der Waals surface area contributed by atoms with Crippen molar-refractivity contribution in [2.45, 2.75) is 13.8 Å². The topological polar surface area (TPSA) is 83.1 Å². The molecular weight excluding hydrogens is 286 g/mol. The molecule has 0 aliphatic heterocycles. The number of aromatic nitrogens is 3. The molecule has 8 heteroatoms. The molecule has 0 fully saturated rings. The van der Waals surface area contributed by atoms with Gasteiger partial charge in [-0.05, 0) is 24.3 Å². The lowest BCUT2D eigenvalue weighted by Crippen LogP contribution is -2.33. The van der Waals surface area contributed by atoms with Crippen LogP contribution in [0.15, 0.2) is 33.9 Å². The molecule has 0 aliphatic carbocycles. The first-order valence-corrected chi connectivity index (χ1v) is 5.97. The van der Waals surface area contributed by atoms with E-state index in [1.165, 1.54) is 24.3 Å². The smallest absolute Gasteiger partial charge is 0.273 e. The van der Waals surface area contributed by atoms with Crippen LogP contribution in [0.25, 0.3) is 5.69 Å². The molecule has 0 atom stereocenters. The summed E-state index contributed by atoms with van der Waals surface area (Å²) >= 11 is 5.73. The van der Waals surface area contributed by atoms with Gasteiger partial charge in [0.25, 0.3) is 0 Å². The monoisotopic (exact) mass is 295 g/mol. The molecule has 20 heavy (non-hydrogen) atoms. The summed E-state index contributed by atoms with van der Waals surface area (Å²) < 4.78 is 1.73. The Labute approximate surface area is 117 Å². The van der Waals surface area contributed by atoms with Crippen LogP contribution in [-0.2, 0) is 0 Å². The number of benzene rings is 1. The van der Waals surface area contributed by atoms with Gasteiger partial charge in [-0.3, -0.25) is 9.59 Å². The zero-order chi connectivity index (χ0) is 15.0. The van der Waals surface area contributed by atoms with Gasteiger partial charge in [0.1, 0.15) is 0 Å². The molecule has 0 unspecified atom stereocenters. The van der Waals surface area contributed by atoms with Crippen molar-refractivity contribution in [3.05, 3.63) is 50.3 Å². The first-order chi connectivity index (χ1) is 9.34. The van der Waals surface area contributed by atoms with Crippen LogP contribution >= 0.6 is 11.6 Å². The van der Waals surface area contributed by atoms with Gasteiger partial charge in [0.15, 0.2) is 0 Å². The van der Waals surface area contributed by atoms with Gasteiger partial charge in [-0.25, -0.2) is 14.2 Å². The molecule has 0 N–H and O–H groups in total. The van der Waals surface area contributed by atoms with Crippen molar-refractivity contribution in [2.24, 2.45) is 0 Å². The lowest BCUT2D eigenvalue weighted by Gasteiger charge is -1.99. The van der Waals surface area contributed by atoms with Crippen LogP contribution in [0.5, 0.6) is 0 Å². The Morgan fingerprint density at radius 1 is 0.900 bits per heavy atom. The molecule has 2 rings (SSSR count). The fourth-order valence-corrected chi connectivity index (χ4v) is 1.93. The number of hydrogen-bond acceptors (Lipinski definition) is 4. The Morgan fingerprint density at radius 3 is 1.65 bits per heavy atom. The Bertz CT molecular complexity index is 765. The normalized spacial score (nSPS) is 10.6. The highest BCUT2D eigenvalue weighted by Gasteiger charge is 2.22. The van der Waals surface area contributed by atoms with Gasteiger partial charge in [0, 0.05) is 18.9 Å². The summed E-state index contributed by atoms with van der Waals surface area (Å²) in [4.78, 5) is 47.2. The third-order valence-corrected chi connectivity index (χ3v) is 2.88. The Balaban J connectivity index is 2.86. The van der Waals surface area contributed by atoms with E-state index in [0.717, 1.165) is 18.4 Å². The summed E-state index contributed by atoms with van der Waals surface area (Å²) in [6.45, 7) is 2.18. The summed E-state index contributed by atoms with van der Waals surface area (Å²) in [6, 6.07) is 5.87. The average Bonchev–Trinajstić information content (AvgIpc) is 2.62. The molecule has 7 nitrogen and oxygen atoms in total. The Kier molecular flexibility index (Phi) is 3.46. The molecule has 0 bridgehead atoms. The number of nitrogens with zero attached hydrogens (tertiary/aromatic N) is 3. The van der Waals surface area contributed by atoms with Crippen molar-refractivity contribution in [1.29, 1.82) is 0 Å². The third-order valence-electron chi connectivity index (χ3n) is 2.63. The fourth-order valence-electron chi connectivity index (χ4n) is 1.80. The molecule has 0 spiro atoms. The molecule has 104 valence electrons. The molecule has 0 saturated heterocycles. The minimum Gasteiger partial charge on any atom is -0.273 e. The number of halogens is 1. The molecule has 0 aliphatic rings. The quantitative estimate of drug-likeness (QED) is 0.778. The fraction of sp³-hybridized carbons (Fsp3) is 0.167. The van der Waals surface area contributed by atoms with Crippen LogP contribution in [0.2, 0.25) is 5.02 Å². The summed E-state index contributed by atoms with van der Waals surface area (Å²) in [5, 5.41) is 0.430. The van der Waals surface area contributed by atoms with Gasteiger partial charge in [-0.2, -0.15) is 9.36 Å². The predicted octanol–water partition coefficient (Wildman–Crippen LogP) is 0.774. The van der Waals surface area contributed by atoms with Crippen molar-refractivity contribution in [3.8, 4) is 5.69 Å². The zero-order valence-corrected chi connectivity index (χ0v) is 11.4. The van der Waals surface area contributed by atoms with E-state index >= 15 is 0 Å². The maximum atomic E-state index is 12.1. The second-order valence-electron chi connectivity index (χ2n) is 4.04.